The Morgan fingerprint density at radius 2 is 2.04 bits per heavy atom. The van der Waals surface area contributed by atoms with Crippen LogP contribution in [0, 0.1) is 5.92 Å². The molecule has 0 bridgehead atoms. The third kappa shape index (κ3) is 4.35. The molecule has 0 spiro atoms. The highest BCUT2D eigenvalue weighted by atomic mass is 79.9. The highest BCUT2D eigenvalue weighted by molar-refractivity contribution is 9.10. The summed E-state index contributed by atoms with van der Waals surface area (Å²) in [6.45, 7) is 8.13. The van der Waals surface area contributed by atoms with Crippen LogP contribution in [0.15, 0.2) is 28.7 Å². The van der Waals surface area contributed by atoms with Crippen molar-refractivity contribution >= 4 is 27.7 Å². The number of hydrogen-bond acceptors (Lipinski definition) is 5. The van der Waals surface area contributed by atoms with Gasteiger partial charge < -0.3 is 15.3 Å². The molecule has 2 N–H and O–H groups in total. The van der Waals surface area contributed by atoms with Crippen molar-refractivity contribution in [1.82, 2.24) is 9.97 Å². The van der Waals surface area contributed by atoms with Gasteiger partial charge in [-0.05, 0) is 42.0 Å². The van der Waals surface area contributed by atoms with Gasteiger partial charge in [-0.2, -0.15) is 4.98 Å². The maximum atomic E-state index is 9.60. The molecule has 5 nitrogen and oxygen atoms in total. The van der Waals surface area contributed by atoms with Crippen molar-refractivity contribution in [2.75, 3.05) is 23.4 Å². The Morgan fingerprint density at radius 1 is 1.23 bits per heavy atom. The Labute approximate surface area is 164 Å². The van der Waals surface area contributed by atoms with Gasteiger partial charge >= 0.3 is 0 Å². The van der Waals surface area contributed by atoms with Crippen molar-refractivity contribution in [3.05, 3.63) is 45.6 Å². The second-order valence-electron chi connectivity index (χ2n) is 7.16. The van der Waals surface area contributed by atoms with E-state index in [4.69, 9.17) is 4.98 Å². The van der Waals surface area contributed by atoms with Gasteiger partial charge in [0.05, 0.1) is 12.6 Å². The van der Waals surface area contributed by atoms with Gasteiger partial charge in [0.25, 0.3) is 0 Å². The molecule has 1 aromatic heterocycles. The first kappa shape index (κ1) is 19.1. The van der Waals surface area contributed by atoms with Gasteiger partial charge in [0.15, 0.2) is 0 Å². The molecule has 0 saturated carbocycles. The minimum Gasteiger partial charge on any atom is -0.394 e. The summed E-state index contributed by atoms with van der Waals surface area (Å²) >= 11 is 3.57. The predicted octanol–water partition coefficient (Wildman–Crippen LogP) is 3.79. The van der Waals surface area contributed by atoms with E-state index in [1.165, 1.54) is 11.1 Å². The van der Waals surface area contributed by atoms with Crippen molar-refractivity contribution in [3.63, 3.8) is 0 Å². The van der Waals surface area contributed by atoms with E-state index < -0.39 is 0 Å². The number of nitrogens with zero attached hydrogens (tertiary/aromatic N) is 3. The lowest BCUT2D eigenvalue weighted by atomic mass is 10.00. The fraction of sp³-hybridized carbons (Fsp3) is 0.500. The maximum absolute atomic E-state index is 9.60. The molecular weight excluding hydrogens is 392 g/mol. The van der Waals surface area contributed by atoms with E-state index >= 15 is 0 Å². The van der Waals surface area contributed by atoms with Gasteiger partial charge in [-0.15, -0.1) is 0 Å². The number of nitrogens with one attached hydrogen (secondary N) is 1. The van der Waals surface area contributed by atoms with Crippen LogP contribution in [0.1, 0.15) is 37.6 Å². The Hall–Kier alpha value is -1.66. The molecule has 0 unspecified atom stereocenters. The van der Waals surface area contributed by atoms with Crippen LogP contribution in [0.25, 0.3) is 0 Å². The van der Waals surface area contributed by atoms with Crippen molar-refractivity contribution in [3.8, 4) is 0 Å². The van der Waals surface area contributed by atoms with E-state index in [-0.39, 0.29) is 12.6 Å². The molecule has 140 valence electrons. The van der Waals surface area contributed by atoms with Crippen LogP contribution >= 0.6 is 15.9 Å². The van der Waals surface area contributed by atoms with Crippen LogP contribution in [0.4, 0.5) is 11.8 Å². The molecule has 0 fully saturated rings. The van der Waals surface area contributed by atoms with Gasteiger partial charge in [-0.3, -0.25) is 0 Å². The molecule has 1 aliphatic heterocycles. The Balaban J connectivity index is 1.86. The van der Waals surface area contributed by atoms with E-state index in [1.54, 1.807) is 0 Å². The summed E-state index contributed by atoms with van der Waals surface area (Å²) in [5, 5.41) is 12.9. The standard InChI is InChI=1S/C20H27BrN4O/c1-4-17-10-19(24-20(22-17)23-18(12-26)13(2)3)25-8-7-14-5-6-16(21)9-15(14)11-25/h5-6,9-10,13,18,26H,4,7-8,11-12H2,1-3H3,(H,22,23,24)/t18-/m0/s1. The molecule has 26 heavy (non-hydrogen) atoms. The third-order valence-corrected chi connectivity index (χ3v) is 5.44. The predicted molar refractivity (Wildman–Crippen MR) is 110 cm³/mol. The number of hydrogen-bond donors (Lipinski definition) is 2. The van der Waals surface area contributed by atoms with Gasteiger partial charge in [0.2, 0.25) is 5.95 Å². The van der Waals surface area contributed by atoms with Crippen LogP contribution in [-0.4, -0.2) is 34.3 Å². The highest BCUT2D eigenvalue weighted by Crippen LogP contribution is 2.27. The Morgan fingerprint density at radius 3 is 2.73 bits per heavy atom. The topological polar surface area (TPSA) is 61.3 Å². The number of rotatable bonds is 6. The molecule has 2 heterocycles. The molecule has 3 rings (SSSR count). The second-order valence-corrected chi connectivity index (χ2v) is 8.07. The molecule has 1 aromatic carbocycles. The van der Waals surface area contributed by atoms with Gasteiger partial charge in [-0.1, -0.05) is 42.8 Å². The minimum absolute atomic E-state index is 0.0482. The zero-order chi connectivity index (χ0) is 18.7. The van der Waals surface area contributed by atoms with Gasteiger partial charge in [-0.25, -0.2) is 4.98 Å². The maximum Gasteiger partial charge on any atom is 0.225 e. The third-order valence-electron chi connectivity index (χ3n) is 4.95. The molecule has 1 atom stereocenters. The number of aryl methyl sites for hydroxylation is 1. The SMILES string of the molecule is CCc1cc(N2CCc3ccc(Br)cc3C2)nc(N[C@@H](CO)C(C)C)n1. The summed E-state index contributed by atoms with van der Waals surface area (Å²) in [5.41, 5.74) is 3.76. The number of benzene rings is 1. The fourth-order valence-electron chi connectivity index (χ4n) is 3.20. The molecule has 0 saturated heterocycles. The van der Waals surface area contributed by atoms with E-state index in [0.717, 1.165) is 41.9 Å². The summed E-state index contributed by atoms with van der Waals surface area (Å²) in [7, 11) is 0. The fourth-order valence-corrected chi connectivity index (χ4v) is 3.61. The van der Waals surface area contributed by atoms with Gasteiger partial charge in [0.1, 0.15) is 5.82 Å². The van der Waals surface area contributed by atoms with Gasteiger partial charge in [0, 0.05) is 29.3 Å². The second kappa shape index (κ2) is 8.35. The summed E-state index contributed by atoms with van der Waals surface area (Å²) < 4.78 is 1.11. The Bertz CT molecular complexity index is 765. The number of aliphatic hydroxyl groups is 1. The number of aromatic nitrogens is 2. The summed E-state index contributed by atoms with van der Waals surface area (Å²) in [6.07, 6.45) is 1.87. The first-order valence-electron chi connectivity index (χ1n) is 9.27. The van der Waals surface area contributed by atoms with Crippen molar-refractivity contribution in [2.45, 2.75) is 46.2 Å². The van der Waals surface area contributed by atoms with Crippen molar-refractivity contribution in [1.29, 1.82) is 0 Å². The number of anilines is 2. The average Bonchev–Trinajstić information content (AvgIpc) is 2.64. The molecule has 1 aliphatic rings. The van der Waals surface area contributed by atoms with Crippen LogP contribution in [0.3, 0.4) is 0 Å². The van der Waals surface area contributed by atoms with E-state index in [1.807, 2.05) is 0 Å². The lowest BCUT2D eigenvalue weighted by molar-refractivity contribution is 0.248. The summed E-state index contributed by atoms with van der Waals surface area (Å²) in [6, 6.07) is 8.54. The molecule has 0 radical (unpaired) electrons. The average molecular weight is 419 g/mol. The van der Waals surface area contributed by atoms with Crippen LogP contribution < -0.4 is 10.2 Å². The largest absolute Gasteiger partial charge is 0.394 e. The first-order chi connectivity index (χ1) is 12.5. The van der Waals surface area contributed by atoms with Crippen LogP contribution in [0.5, 0.6) is 0 Å². The molecule has 0 aliphatic carbocycles. The lowest BCUT2D eigenvalue weighted by Crippen LogP contribution is -2.33. The number of fused-ring (bicyclic) bond motifs is 1. The van der Waals surface area contributed by atoms with E-state index in [9.17, 15) is 5.11 Å². The van der Waals surface area contributed by atoms with Crippen molar-refractivity contribution in [2.24, 2.45) is 5.92 Å². The zero-order valence-corrected chi connectivity index (χ0v) is 17.3. The zero-order valence-electron chi connectivity index (χ0n) is 15.7. The minimum atomic E-state index is -0.0482. The summed E-state index contributed by atoms with van der Waals surface area (Å²) in [5.74, 6) is 1.86. The van der Waals surface area contributed by atoms with E-state index in [0.29, 0.717) is 11.9 Å². The number of aliphatic hydroxyl groups excluding tert-OH is 1. The van der Waals surface area contributed by atoms with Crippen LogP contribution in [0.2, 0.25) is 0 Å². The normalized spacial score (nSPS) is 15.1. The number of halogens is 1. The highest BCUT2D eigenvalue weighted by Gasteiger charge is 2.20. The lowest BCUT2D eigenvalue weighted by Gasteiger charge is -2.30. The quantitative estimate of drug-likeness (QED) is 0.746. The van der Waals surface area contributed by atoms with Crippen molar-refractivity contribution < 1.29 is 5.11 Å². The Kier molecular flexibility index (Phi) is 6.14. The first-order valence-corrected chi connectivity index (χ1v) is 10.1. The van der Waals surface area contributed by atoms with Crippen LogP contribution in [-0.2, 0) is 19.4 Å². The smallest absolute Gasteiger partial charge is 0.225 e. The molecule has 6 heteroatoms. The molecule has 0 amide bonds. The molecule has 2 aromatic rings. The molecular formula is C20H27BrN4O. The monoisotopic (exact) mass is 418 g/mol. The van der Waals surface area contributed by atoms with E-state index in [2.05, 4.69) is 76.2 Å². The summed E-state index contributed by atoms with van der Waals surface area (Å²) in [4.78, 5) is 11.7.